The van der Waals surface area contributed by atoms with Crippen molar-refractivity contribution in [2.75, 3.05) is 19.7 Å². The first-order valence-electron chi connectivity index (χ1n) is 7.50. The summed E-state index contributed by atoms with van der Waals surface area (Å²) < 4.78 is 5.82. The molecule has 0 saturated carbocycles. The molecule has 19 heavy (non-hydrogen) atoms. The van der Waals surface area contributed by atoms with E-state index in [0.29, 0.717) is 6.04 Å². The van der Waals surface area contributed by atoms with Gasteiger partial charge in [-0.2, -0.15) is 0 Å². The molecule has 1 heterocycles. The number of fused-ring (bicyclic) bond motifs is 1. The molecule has 1 atom stereocenters. The molecule has 3 nitrogen and oxygen atoms in total. The Morgan fingerprint density at radius 2 is 2.16 bits per heavy atom. The van der Waals surface area contributed by atoms with Crippen molar-refractivity contribution in [1.82, 2.24) is 4.90 Å². The summed E-state index contributed by atoms with van der Waals surface area (Å²) in [5.41, 5.74) is 7.26. The fourth-order valence-corrected chi connectivity index (χ4v) is 2.74. The van der Waals surface area contributed by atoms with E-state index in [9.17, 15) is 0 Å². The molecular formula is C16H26N2O. The van der Waals surface area contributed by atoms with E-state index >= 15 is 0 Å². The van der Waals surface area contributed by atoms with Gasteiger partial charge in [-0.15, -0.1) is 0 Å². The molecule has 2 N–H and O–H groups in total. The molecule has 0 spiro atoms. The Morgan fingerprint density at radius 3 is 2.95 bits per heavy atom. The number of nitrogens with two attached hydrogens (primary N) is 1. The quantitative estimate of drug-likeness (QED) is 0.801. The highest BCUT2D eigenvalue weighted by Crippen LogP contribution is 2.24. The molecule has 0 saturated heterocycles. The summed E-state index contributed by atoms with van der Waals surface area (Å²) in [6.45, 7) is 5.69. The minimum absolute atomic E-state index is 0.487. The predicted molar refractivity (Wildman–Crippen MR) is 79.3 cm³/mol. The maximum Gasteiger partial charge on any atom is 0.123 e. The molecule has 1 aliphatic heterocycles. The molecule has 1 unspecified atom stereocenters. The summed E-state index contributed by atoms with van der Waals surface area (Å²) in [7, 11) is 0. The van der Waals surface area contributed by atoms with Gasteiger partial charge in [0.15, 0.2) is 0 Å². The van der Waals surface area contributed by atoms with Crippen molar-refractivity contribution in [2.24, 2.45) is 5.73 Å². The lowest BCUT2D eigenvalue weighted by atomic mass is 10.1. The summed E-state index contributed by atoms with van der Waals surface area (Å²) in [6.07, 6.45) is 5.05. The molecule has 1 aromatic carbocycles. The fraction of sp³-hybridized carbons (Fsp3) is 0.625. The third-order valence-electron chi connectivity index (χ3n) is 3.91. The Morgan fingerprint density at radius 1 is 1.32 bits per heavy atom. The highest BCUT2D eigenvalue weighted by molar-refractivity contribution is 5.33. The second-order valence-corrected chi connectivity index (χ2v) is 5.31. The number of benzene rings is 1. The van der Waals surface area contributed by atoms with E-state index in [1.807, 2.05) is 6.07 Å². The SMILES string of the molecule is CCCCCC(CN)N1CCOc2ccccc2C1. The molecule has 106 valence electrons. The minimum atomic E-state index is 0.487. The molecule has 1 aliphatic rings. The second-order valence-electron chi connectivity index (χ2n) is 5.31. The lowest BCUT2D eigenvalue weighted by molar-refractivity contribution is 0.162. The molecule has 0 bridgehead atoms. The van der Waals surface area contributed by atoms with E-state index in [4.69, 9.17) is 10.5 Å². The molecule has 0 aliphatic carbocycles. The first kappa shape index (κ1) is 14.4. The van der Waals surface area contributed by atoms with Crippen molar-refractivity contribution < 1.29 is 4.74 Å². The number of ether oxygens (including phenoxy) is 1. The zero-order chi connectivity index (χ0) is 13.5. The molecule has 3 heteroatoms. The van der Waals surface area contributed by atoms with Gasteiger partial charge in [-0.25, -0.2) is 0 Å². The van der Waals surface area contributed by atoms with Crippen LogP contribution in [-0.2, 0) is 6.54 Å². The summed E-state index contributed by atoms with van der Waals surface area (Å²) in [6, 6.07) is 8.83. The van der Waals surface area contributed by atoms with Crippen LogP contribution < -0.4 is 10.5 Å². The largest absolute Gasteiger partial charge is 0.492 e. The van der Waals surface area contributed by atoms with E-state index in [0.717, 1.165) is 32.0 Å². The summed E-state index contributed by atoms with van der Waals surface area (Å²) in [4.78, 5) is 2.49. The van der Waals surface area contributed by atoms with Crippen LogP contribution in [0.25, 0.3) is 0 Å². The highest BCUT2D eigenvalue weighted by Gasteiger charge is 2.21. The Labute approximate surface area is 116 Å². The molecule has 0 radical (unpaired) electrons. The van der Waals surface area contributed by atoms with Crippen LogP contribution in [0.5, 0.6) is 5.75 Å². The monoisotopic (exact) mass is 262 g/mol. The standard InChI is InChI=1S/C16H26N2O/c1-2-3-4-8-15(12-17)18-10-11-19-16-9-6-5-7-14(16)13-18/h5-7,9,15H,2-4,8,10-13,17H2,1H3. The second kappa shape index (κ2) is 7.51. The van der Waals surface area contributed by atoms with Crippen LogP contribution in [0.2, 0.25) is 0 Å². The maximum atomic E-state index is 5.97. The Hall–Kier alpha value is -1.06. The van der Waals surface area contributed by atoms with Crippen molar-refractivity contribution in [1.29, 1.82) is 0 Å². The van der Waals surface area contributed by atoms with Gasteiger partial charge in [-0.3, -0.25) is 4.90 Å². The number of hydrogen-bond donors (Lipinski definition) is 1. The number of nitrogens with zero attached hydrogens (tertiary/aromatic N) is 1. The van der Waals surface area contributed by atoms with Gasteiger partial charge in [0.1, 0.15) is 12.4 Å². The van der Waals surface area contributed by atoms with Gasteiger partial charge in [0.25, 0.3) is 0 Å². The average Bonchev–Trinajstić information content (AvgIpc) is 2.66. The third-order valence-corrected chi connectivity index (χ3v) is 3.91. The Balaban J connectivity index is 1.99. The van der Waals surface area contributed by atoms with E-state index in [1.165, 1.54) is 31.2 Å². The first-order valence-corrected chi connectivity index (χ1v) is 7.50. The van der Waals surface area contributed by atoms with Crippen molar-refractivity contribution in [3.63, 3.8) is 0 Å². The predicted octanol–water partition coefficient (Wildman–Crippen LogP) is 2.79. The van der Waals surface area contributed by atoms with E-state index in [-0.39, 0.29) is 0 Å². The van der Waals surface area contributed by atoms with Crippen LogP contribution in [0.4, 0.5) is 0 Å². The molecule has 1 aromatic rings. The van der Waals surface area contributed by atoms with Crippen molar-refractivity contribution >= 4 is 0 Å². The van der Waals surface area contributed by atoms with Crippen LogP contribution in [0.1, 0.15) is 38.2 Å². The van der Waals surface area contributed by atoms with E-state index < -0.39 is 0 Å². The molecule has 0 amide bonds. The van der Waals surface area contributed by atoms with Gasteiger partial charge >= 0.3 is 0 Å². The summed E-state index contributed by atoms with van der Waals surface area (Å²) >= 11 is 0. The normalized spacial score (nSPS) is 17.4. The molecular weight excluding hydrogens is 236 g/mol. The van der Waals surface area contributed by atoms with Crippen LogP contribution in [0.3, 0.4) is 0 Å². The van der Waals surface area contributed by atoms with Gasteiger partial charge in [0, 0.05) is 31.2 Å². The van der Waals surface area contributed by atoms with Crippen LogP contribution >= 0.6 is 0 Å². The molecule has 0 aromatic heterocycles. The summed E-state index contributed by atoms with van der Waals surface area (Å²) in [5.74, 6) is 1.04. The van der Waals surface area contributed by atoms with Crippen LogP contribution in [0, 0.1) is 0 Å². The third kappa shape index (κ3) is 3.95. The number of hydrogen-bond acceptors (Lipinski definition) is 3. The zero-order valence-corrected chi connectivity index (χ0v) is 12.0. The average molecular weight is 262 g/mol. The van der Waals surface area contributed by atoms with E-state index in [2.05, 4.69) is 30.0 Å². The highest BCUT2D eigenvalue weighted by atomic mass is 16.5. The first-order chi connectivity index (χ1) is 9.35. The van der Waals surface area contributed by atoms with Crippen molar-refractivity contribution in [3.05, 3.63) is 29.8 Å². The van der Waals surface area contributed by atoms with Crippen molar-refractivity contribution in [3.8, 4) is 5.75 Å². The summed E-state index contributed by atoms with van der Waals surface area (Å²) in [5, 5.41) is 0. The zero-order valence-electron chi connectivity index (χ0n) is 12.0. The van der Waals surface area contributed by atoms with E-state index in [1.54, 1.807) is 0 Å². The Bertz CT molecular complexity index is 381. The smallest absolute Gasteiger partial charge is 0.123 e. The van der Waals surface area contributed by atoms with Gasteiger partial charge in [-0.1, -0.05) is 44.4 Å². The molecule has 0 fully saturated rings. The van der Waals surface area contributed by atoms with Gasteiger partial charge in [0.2, 0.25) is 0 Å². The number of para-hydroxylation sites is 1. The van der Waals surface area contributed by atoms with Crippen LogP contribution in [-0.4, -0.2) is 30.6 Å². The van der Waals surface area contributed by atoms with Gasteiger partial charge in [0.05, 0.1) is 0 Å². The molecule has 2 rings (SSSR count). The minimum Gasteiger partial charge on any atom is -0.492 e. The lowest BCUT2D eigenvalue weighted by Gasteiger charge is -2.29. The van der Waals surface area contributed by atoms with Crippen molar-refractivity contribution in [2.45, 2.75) is 45.2 Å². The Kier molecular flexibility index (Phi) is 5.67. The lowest BCUT2D eigenvalue weighted by Crippen LogP contribution is -2.41. The van der Waals surface area contributed by atoms with Crippen LogP contribution in [0.15, 0.2) is 24.3 Å². The van der Waals surface area contributed by atoms with Gasteiger partial charge in [-0.05, 0) is 12.5 Å². The number of unbranched alkanes of at least 4 members (excludes halogenated alkanes) is 2. The maximum absolute atomic E-state index is 5.97. The topological polar surface area (TPSA) is 38.5 Å². The van der Waals surface area contributed by atoms with Gasteiger partial charge < -0.3 is 10.5 Å². The fourth-order valence-electron chi connectivity index (χ4n) is 2.74. The number of rotatable bonds is 6.